The van der Waals surface area contributed by atoms with E-state index in [1.807, 2.05) is 30.3 Å². The lowest BCUT2D eigenvalue weighted by molar-refractivity contribution is 0.414. The molecule has 0 saturated heterocycles. The van der Waals surface area contributed by atoms with E-state index in [9.17, 15) is 0 Å². The molecule has 0 amide bonds. The number of ether oxygens (including phenoxy) is 1. The van der Waals surface area contributed by atoms with Crippen molar-refractivity contribution in [1.29, 1.82) is 5.26 Å². The number of nitrogens with zero attached hydrogens (tertiary/aromatic N) is 1. The first kappa shape index (κ1) is 13.4. The molecular weight excluding hydrogens is 304 g/mol. The van der Waals surface area contributed by atoms with Gasteiger partial charge in [-0.3, -0.25) is 0 Å². The van der Waals surface area contributed by atoms with Crippen LogP contribution in [0.25, 0.3) is 0 Å². The summed E-state index contributed by atoms with van der Waals surface area (Å²) in [6.45, 7) is 0.684. The predicted molar refractivity (Wildman–Crippen MR) is 79.2 cm³/mol. The summed E-state index contributed by atoms with van der Waals surface area (Å²) in [7, 11) is 1.65. The Morgan fingerprint density at radius 2 is 1.95 bits per heavy atom. The van der Waals surface area contributed by atoms with E-state index in [1.54, 1.807) is 19.2 Å². The molecule has 0 heterocycles. The van der Waals surface area contributed by atoms with E-state index in [2.05, 4.69) is 27.3 Å². The number of hydrogen-bond donors (Lipinski definition) is 1. The fourth-order valence-corrected chi connectivity index (χ4v) is 2.06. The van der Waals surface area contributed by atoms with Gasteiger partial charge in [-0.05, 0) is 48.0 Å². The van der Waals surface area contributed by atoms with Gasteiger partial charge in [0, 0.05) is 16.7 Å². The maximum Gasteiger partial charge on any atom is 0.119 e. The van der Waals surface area contributed by atoms with Crippen molar-refractivity contribution in [2.24, 2.45) is 0 Å². The smallest absolute Gasteiger partial charge is 0.119 e. The van der Waals surface area contributed by atoms with Crippen molar-refractivity contribution in [2.45, 2.75) is 6.54 Å². The Labute approximate surface area is 121 Å². The molecule has 0 aliphatic carbocycles. The van der Waals surface area contributed by atoms with Crippen LogP contribution in [0.1, 0.15) is 11.1 Å². The number of anilines is 1. The van der Waals surface area contributed by atoms with Crippen molar-refractivity contribution >= 4 is 21.6 Å². The fraction of sp³-hybridized carbons (Fsp3) is 0.133. The lowest BCUT2D eigenvalue weighted by Crippen LogP contribution is -2.00. The van der Waals surface area contributed by atoms with E-state index in [0.29, 0.717) is 12.1 Å². The highest BCUT2D eigenvalue weighted by molar-refractivity contribution is 9.10. The summed E-state index contributed by atoms with van der Waals surface area (Å²) in [6, 6.07) is 15.3. The molecule has 0 fully saturated rings. The minimum atomic E-state index is 0.660. The van der Waals surface area contributed by atoms with E-state index in [0.717, 1.165) is 21.5 Å². The summed E-state index contributed by atoms with van der Waals surface area (Å²) in [5.41, 5.74) is 2.76. The van der Waals surface area contributed by atoms with Gasteiger partial charge in [-0.2, -0.15) is 5.26 Å². The second kappa shape index (κ2) is 6.26. The molecule has 0 atom stereocenters. The number of rotatable bonds is 4. The molecule has 2 rings (SSSR count). The van der Waals surface area contributed by atoms with E-state index < -0.39 is 0 Å². The van der Waals surface area contributed by atoms with Crippen molar-refractivity contribution < 1.29 is 4.74 Å². The Bertz CT molecular complexity index is 603. The van der Waals surface area contributed by atoms with Crippen LogP contribution in [0.2, 0.25) is 0 Å². The largest absolute Gasteiger partial charge is 0.497 e. The maximum atomic E-state index is 8.74. The summed E-state index contributed by atoms with van der Waals surface area (Å²) in [5.74, 6) is 0.833. The summed E-state index contributed by atoms with van der Waals surface area (Å²) >= 11 is 3.52. The number of methoxy groups -OCH3 is 1. The summed E-state index contributed by atoms with van der Waals surface area (Å²) in [6.07, 6.45) is 0. The first-order valence-corrected chi connectivity index (χ1v) is 6.58. The molecule has 96 valence electrons. The van der Waals surface area contributed by atoms with Crippen LogP contribution in [0.15, 0.2) is 46.9 Å². The van der Waals surface area contributed by atoms with Crippen LogP contribution >= 0.6 is 15.9 Å². The van der Waals surface area contributed by atoms with Gasteiger partial charge in [0.05, 0.1) is 18.7 Å². The Kier molecular flexibility index (Phi) is 4.43. The number of halogens is 1. The van der Waals surface area contributed by atoms with Gasteiger partial charge in [0.15, 0.2) is 0 Å². The molecule has 4 heteroatoms. The van der Waals surface area contributed by atoms with Crippen molar-refractivity contribution in [3.05, 3.63) is 58.1 Å². The number of benzene rings is 2. The van der Waals surface area contributed by atoms with Gasteiger partial charge in [-0.1, -0.05) is 15.9 Å². The molecule has 0 bridgehead atoms. The van der Waals surface area contributed by atoms with Crippen LogP contribution in [-0.2, 0) is 6.54 Å². The standard InChI is InChI=1S/C15H13BrN2O/c1-19-14-6-7-15(16)12(8-14)10-18-13-4-2-11(9-17)3-5-13/h2-8,18H,10H2,1H3. The Morgan fingerprint density at radius 1 is 1.21 bits per heavy atom. The van der Waals surface area contributed by atoms with Crippen LogP contribution in [0, 0.1) is 11.3 Å². The van der Waals surface area contributed by atoms with Crippen LogP contribution in [0.5, 0.6) is 5.75 Å². The zero-order chi connectivity index (χ0) is 13.7. The normalized spacial score (nSPS) is 9.74. The highest BCUT2D eigenvalue weighted by Gasteiger charge is 2.02. The highest BCUT2D eigenvalue weighted by atomic mass is 79.9. The lowest BCUT2D eigenvalue weighted by Gasteiger charge is -2.10. The van der Waals surface area contributed by atoms with Gasteiger partial charge in [0.2, 0.25) is 0 Å². The Balaban J connectivity index is 2.07. The van der Waals surface area contributed by atoms with E-state index in [4.69, 9.17) is 10.00 Å². The van der Waals surface area contributed by atoms with Crippen molar-refractivity contribution in [2.75, 3.05) is 12.4 Å². The van der Waals surface area contributed by atoms with Gasteiger partial charge in [-0.15, -0.1) is 0 Å². The van der Waals surface area contributed by atoms with Crippen molar-refractivity contribution in [3.63, 3.8) is 0 Å². The van der Waals surface area contributed by atoms with Gasteiger partial charge in [-0.25, -0.2) is 0 Å². The van der Waals surface area contributed by atoms with Crippen LogP contribution < -0.4 is 10.1 Å². The molecule has 0 aliphatic rings. The second-order valence-corrected chi connectivity index (χ2v) is 4.85. The SMILES string of the molecule is COc1ccc(Br)c(CNc2ccc(C#N)cc2)c1. The molecular formula is C15H13BrN2O. The zero-order valence-corrected chi connectivity index (χ0v) is 12.1. The number of nitriles is 1. The zero-order valence-electron chi connectivity index (χ0n) is 10.5. The van der Waals surface area contributed by atoms with Crippen molar-refractivity contribution in [3.8, 4) is 11.8 Å². The first-order chi connectivity index (χ1) is 9.22. The average molecular weight is 317 g/mol. The third-order valence-electron chi connectivity index (χ3n) is 2.75. The number of nitrogens with one attached hydrogen (secondary N) is 1. The molecule has 0 spiro atoms. The van der Waals surface area contributed by atoms with Crippen LogP contribution in [-0.4, -0.2) is 7.11 Å². The third-order valence-corrected chi connectivity index (χ3v) is 3.52. The van der Waals surface area contributed by atoms with Crippen LogP contribution in [0.3, 0.4) is 0 Å². The lowest BCUT2D eigenvalue weighted by atomic mass is 10.2. The molecule has 2 aromatic rings. The third kappa shape index (κ3) is 3.49. The topological polar surface area (TPSA) is 45.0 Å². The minimum absolute atomic E-state index is 0.660. The van der Waals surface area contributed by atoms with E-state index in [1.165, 1.54) is 0 Å². The molecule has 19 heavy (non-hydrogen) atoms. The van der Waals surface area contributed by atoms with E-state index >= 15 is 0 Å². The second-order valence-electron chi connectivity index (χ2n) is 4.00. The van der Waals surface area contributed by atoms with Gasteiger partial charge >= 0.3 is 0 Å². The Morgan fingerprint density at radius 3 is 2.58 bits per heavy atom. The molecule has 3 nitrogen and oxygen atoms in total. The Hall–Kier alpha value is -1.99. The van der Waals surface area contributed by atoms with Crippen LogP contribution in [0.4, 0.5) is 5.69 Å². The number of hydrogen-bond acceptors (Lipinski definition) is 3. The summed E-state index contributed by atoms with van der Waals surface area (Å²) in [4.78, 5) is 0. The highest BCUT2D eigenvalue weighted by Crippen LogP contribution is 2.23. The van der Waals surface area contributed by atoms with Gasteiger partial charge < -0.3 is 10.1 Å². The molecule has 0 unspecified atom stereocenters. The molecule has 0 radical (unpaired) electrons. The molecule has 0 aromatic heterocycles. The monoisotopic (exact) mass is 316 g/mol. The fourth-order valence-electron chi connectivity index (χ4n) is 1.67. The quantitative estimate of drug-likeness (QED) is 0.929. The van der Waals surface area contributed by atoms with Crippen molar-refractivity contribution in [1.82, 2.24) is 0 Å². The minimum Gasteiger partial charge on any atom is -0.497 e. The van der Waals surface area contributed by atoms with E-state index in [-0.39, 0.29) is 0 Å². The first-order valence-electron chi connectivity index (χ1n) is 5.79. The van der Waals surface area contributed by atoms with Gasteiger partial charge in [0.1, 0.15) is 5.75 Å². The molecule has 2 aromatic carbocycles. The predicted octanol–water partition coefficient (Wildman–Crippen LogP) is 3.94. The van der Waals surface area contributed by atoms with Gasteiger partial charge in [0.25, 0.3) is 0 Å². The molecule has 0 aliphatic heterocycles. The molecule has 0 saturated carbocycles. The molecule has 1 N–H and O–H groups in total. The average Bonchev–Trinajstić information content (AvgIpc) is 2.47. The summed E-state index contributed by atoms with van der Waals surface area (Å²) in [5, 5.41) is 12.0. The maximum absolute atomic E-state index is 8.74. The summed E-state index contributed by atoms with van der Waals surface area (Å²) < 4.78 is 6.24.